The van der Waals surface area contributed by atoms with E-state index in [1.54, 1.807) is 154 Å². The quantitative estimate of drug-likeness (QED) is 0.247. The molecule has 9 rings (SSSR count). The smallest absolute Gasteiger partial charge is 0.00819 e. The van der Waals surface area contributed by atoms with E-state index in [9.17, 15) is 0 Å². The summed E-state index contributed by atoms with van der Waals surface area (Å²) in [5, 5.41) is 0. The van der Waals surface area contributed by atoms with Crippen molar-refractivity contribution < 1.29 is 0 Å². The molecule has 0 amide bonds. The van der Waals surface area contributed by atoms with Crippen LogP contribution in [0.25, 0.3) is 5.57 Å². The van der Waals surface area contributed by atoms with Crippen LogP contribution in [0.4, 0.5) is 0 Å². The molecule has 53 heavy (non-hydrogen) atoms. The molecule has 0 aliphatic heterocycles. The van der Waals surface area contributed by atoms with Crippen LogP contribution in [0.1, 0.15) is 209 Å². The molecule has 6 saturated carbocycles. The molecule has 0 heterocycles. The number of allylic oxidation sites excluding steroid dienone is 1. The van der Waals surface area contributed by atoms with E-state index in [4.69, 9.17) is 0 Å². The van der Waals surface area contributed by atoms with Crippen LogP contribution in [0.3, 0.4) is 0 Å². The molecule has 292 valence electrons. The largest absolute Gasteiger partial charge is 0.0971 e. The van der Waals surface area contributed by atoms with E-state index >= 15 is 0 Å². The van der Waals surface area contributed by atoms with Crippen molar-refractivity contribution in [2.45, 2.75) is 233 Å². The molecule has 6 fully saturated rings. The van der Waals surface area contributed by atoms with Gasteiger partial charge in [0.2, 0.25) is 0 Å². The van der Waals surface area contributed by atoms with Gasteiger partial charge in [-0.1, -0.05) is 192 Å². The lowest BCUT2D eigenvalue weighted by molar-refractivity contribution is 0.460. The summed E-state index contributed by atoms with van der Waals surface area (Å²) in [5.41, 5.74) is 12.7. The highest BCUT2D eigenvalue weighted by atomic mass is 31.1. The van der Waals surface area contributed by atoms with Gasteiger partial charge in [-0.3, -0.25) is 0 Å². The highest BCUT2D eigenvalue weighted by Gasteiger charge is 2.38. The van der Waals surface area contributed by atoms with Gasteiger partial charge in [-0.25, -0.2) is 0 Å². The zero-order valence-electron chi connectivity index (χ0n) is 34.1. The zero-order chi connectivity index (χ0) is 35.9. The Balaban J connectivity index is 0.000000124. The first-order valence-corrected chi connectivity index (χ1v) is 26.8. The van der Waals surface area contributed by atoms with Gasteiger partial charge in [-0.05, 0) is 140 Å². The summed E-state index contributed by atoms with van der Waals surface area (Å²) in [6.45, 7) is 0. The summed E-state index contributed by atoms with van der Waals surface area (Å²) < 4.78 is 0. The van der Waals surface area contributed by atoms with Gasteiger partial charge in [-0.2, -0.15) is 0 Å². The highest BCUT2D eigenvalue weighted by Crippen LogP contribution is 2.63. The fourth-order valence-corrected chi connectivity index (χ4v) is 21.6. The third kappa shape index (κ3) is 11.6. The molecule has 0 radical (unpaired) electrons. The first-order valence-electron chi connectivity index (χ1n) is 23.7. The Labute approximate surface area is 330 Å². The minimum atomic E-state index is 0.385. The van der Waals surface area contributed by atoms with Gasteiger partial charge in [0.15, 0.2) is 0 Å². The second kappa shape index (κ2) is 22.1. The SMILES string of the molecule is C1=C(c2ccccc2)c2ccccc2C1.C1CCC(P(C2CCCCC2)C2CCCCC2)CC1.C1CCC(P(C2CCCCC2)C2CCCCC2)CC1. The Bertz CT molecular complexity index is 1170. The second-order valence-electron chi connectivity index (χ2n) is 18.5. The third-order valence-electron chi connectivity index (χ3n) is 14.9. The minimum Gasteiger partial charge on any atom is -0.0971 e. The molecule has 0 atom stereocenters. The average molecular weight is 753 g/mol. The van der Waals surface area contributed by atoms with Gasteiger partial charge in [0.05, 0.1) is 0 Å². The fraction of sp³-hybridized carbons (Fsp3) is 0.725. The van der Waals surface area contributed by atoms with E-state index in [2.05, 4.69) is 60.7 Å². The number of rotatable bonds is 7. The Morgan fingerprint density at radius 3 is 0.962 bits per heavy atom. The molecule has 2 aromatic carbocycles. The van der Waals surface area contributed by atoms with E-state index in [0.29, 0.717) is 15.8 Å². The fourth-order valence-electron chi connectivity index (χ4n) is 12.2. The van der Waals surface area contributed by atoms with Gasteiger partial charge < -0.3 is 0 Å². The molecule has 0 N–H and O–H groups in total. The van der Waals surface area contributed by atoms with E-state index in [-0.39, 0.29) is 0 Å². The monoisotopic (exact) mass is 753 g/mol. The van der Waals surface area contributed by atoms with Crippen LogP contribution in [0.15, 0.2) is 60.7 Å². The van der Waals surface area contributed by atoms with Gasteiger partial charge >= 0.3 is 0 Å². The maximum atomic E-state index is 2.32. The molecule has 2 heteroatoms. The number of benzene rings is 2. The molecule has 7 aliphatic rings. The molecule has 0 saturated heterocycles. The molecule has 0 spiro atoms. The number of hydrogen-bond acceptors (Lipinski definition) is 0. The topological polar surface area (TPSA) is 0 Å². The highest BCUT2D eigenvalue weighted by molar-refractivity contribution is 7.60. The second-order valence-corrected chi connectivity index (χ2v) is 24.7. The summed E-state index contributed by atoms with van der Waals surface area (Å²) in [6, 6.07) is 19.2. The summed E-state index contributed by atoms with van der Waals surface area (Å²) in [6.07, 6.45) is 50.6. The van der Waals surface area contributed by atoms with Gasteiger partial charge in [0, 0.05) is 0 Å². The van der Waals surface area contributed by atoms with Crippen LogP contribution < -0.4 is 0 Å². The first-order chi connectivity index (χ1) is 26.3. The van der Waals surface area contributed by atoms with Crippen molar-refractivity contribution in [3.8, 4) is 0 Å². The van der Waals surface area contributed by atoms with E-state index in [1.165, 1.54) is 94.7 Å². The average Bonchev–Trinajstić information content (AvgIpc) is 3.69. The van der Waals surface area contributed by atoms with Crippen LogP contribution in [-0.4, -0.2) is 34.0 Å². The maximum Gasteiger partial charge on any atom is -0.00819 e. The van der Waals surface area contributed by atoms with Crippen LogP contribution >= 0.6 is 15.8 Å². The molecule has 0 bridgehead atoms. The molecule has 0 nitrogen and oxygen atoms in total. The molecule has 2 aromatic rings. The van der Waals surface area contributed by atoms with Gasteiger partial charge in [-0.15, -0.1) is 0 Å². The van der Waals surface area contributed by atoms with Gasteiger partial charge in [0.1, 0.15) is 0 Å². The normalized spacial score (nSPS) is 24.5. The van der Waals surface area contributed by atoms with E-state index in [0.717, 1.165) is 6.42 Å². The number of hydrogen-bond donors (Lipinski definition) is 0. The first kappa shape index (κ1) is 40.2. The summed E-state index contributed by atoms with van der Waals surface area (Å²) in [7, 11) is 0.770. The lowest BCUT2D eigenvalue weighted by Gasteiger charge is -2.44. The molecule has 0 unspecified atom stereocenters. The minimum absolute atomic E-state index is 0.385. The standard InChI is InChI=1S/2C18H33P.C15H12/c2*1-4-10-16(11-5-1)19(17-12-6-2-7-13-17)18-14-8-3-9-15-18;1-2-6-12(7-3-1)15-11-10-13-8-4-5-9-14(13)15/h2*16-18H,1-15H2;1-9,11H,10H2. The van der Waals surface area contributed by atoms with Gasteiger partial charge in [0.25, 0.3) is 0 Å². The summed E-state index contributed by atoms with van der Waals surface area (Å²) in [4.78, 5) is 0. The predicted octanol–water partition coefficient (Wildman–Crippen LogP) is 16.6. The maximum absolute atomic E-state index is 2.32. The Hall–Kier alpha value is -0.960. The lowest BCUT2D eigenvalue weighted by atomic mass is 9.99. The lowest BCUT2D eigenvalue weighted by Crippen LogP contribution is -2.28. The zero-order valence-corrected chi connectivity index (χ0v) is 35.8. The Morgan fingerprint density at radius 2 is 0.623 bits per heavy atom. The van der Waals surface area contributed by atoms with Crippen molar-refractivity contribution in [2.24, 2.45) is 0 Å². The van der Waals surface area contributed by atoms with E-state index < -0.39 is 0 Å². The van der Waals surface area contributed by atoms with Crippen LogP contribution in [0, 0.1) is 0 Å². The summed E-state index contributed by atoms with van der Waals surface area (Å²) >= 11 is 0. The van der Waals surface area contributed by atoms with Crippen molar-refractivity contribution >= 4 is 21.4 Å². The molecule has 0 aromatic heterocycles. The summed E-state index contributed by atoms with van der Waals surface area (Å²) in [5.74, 6) is 0. The van der Waals surface area contributed by atoms with Crippen molar-refractivity contribution in [3.63, 3.8) is 0 Å². The Morgan fingerprint density at radius 1 is 0.321 bits per heavy atom. The van der Waals surface area contributed by atoms with Crippen molar-refractivity contribution in [2.75, 3.05) is 0 Å². The van der Waals surface area contributed by atoms with Crippen molar-refractivity contribution in [3.05, 3.63) is 77.4 Å². The van der Waals surface area contributed by atoms with Crippen LogP contribution in [0.2, 0.25) is 0 Å². The van der Waals surface area contributed by atoms with Crippen molar-refractivity contribution in [1.82, 2.24) is 0 Å². The van der Waals surface area contributed by atoms with Crippen LogP contribution in [-0.2, 0) is 6.42 Å². The predicted molar refractivity (Wildman–Crippen MR) is 239 cm³/mol. The van der Waals surface area contributed by atoms with E-state index in [1.807, 2.05) is 0 Å². The molecular weight excluding hydrogens is 675 g/mol. The number of fused-ring (bicyclic) bond motifs is 1. The molecule has 7 aliphatic carbocycles. The third-order valence-corrected chi connectivity index (χ3v) is 23.1. The Kier molecular flexibility index (Phi) is 16.8. The van der Waals surface area contributed by atoms with Crippen LogP contribution in [0.5, 0.6) is 0 Å². The molecular formula is C51H78P2. The van der Waals surface area contributed by atoms with Crippen molar-refractivity contribution in [1.29, 1.82) is 0 Å².